The van der Waals surface area contributed by atoms with Crippen LogP contribution in [-0.2, 0) is 4.79 Å². The highest BCUT2D eigenvalue weighted by Crippen LogP contribution is 2.36. The first-order chi connectivity index (χ1) is 12.5. The molecule has 0 unspecified atom stereocenters. The van der Waals surface area contributed by atoms with Crippen LogP contribution in [0, 0.1) is 24.2 Å². The van der Waals surface area contributed by atoms with Gasteiger partial charge in [0.25, 0.3) is 5.91 Å². The average molecular weight is 369 g/mol. The molecule has 0 saturated heterocycles. The zero-order chi connectivity index (χ0) is 18.7. The number of aliphatic hydroxyl groups excluding tert-OH is 1. The van der Waals surface area contributed by atoms with Gasteiger partial charge in [0.05, 0.1) is 5.02 Å². The highest BCUT2D eigenvalue weighted by Gasteiger charge is 2.30. The number of allylic oxidation sites excluding steroid dienone is 1. The van der Waals surface area contributed by atoms with E-state index in [4.69, 9.17) is 21.6 Å². The molecule has 1 fully saturated rings. The second-order valence-corrected chi connectivity index (χ2v) is 6.57. The number of anilines is 1. The summed E-state index contributed by atoms with van der Waals surface area (Å²) in [7, 11) is 0. The van der Waals surface area contributed by atoms with E-state index in [0.29, 0.717) is 22.2 Å². The average Bonchev–Trinajstić information content (AvgIpc) is 3.44. The van der Waals surface area contributed by atoms with Crippen LogP contribution in [0.15, 0.2) is 53.8 Å². The van der Waals surface area contributed by atoms with Crippen LogP contribution in [0.25, 0.3) is 0 Å². The molecular formula is C20H17ClN2O3. The number of nitriles is 1. The number of aryl methyl sites for hydroxylation is 1. The van der Waals surface area contributed by atoms with Crippen LogP contribution in [-0.4, -0.2) is 11.0 Å². The minimum Gasteiger partial charge on any atom is -0.510 e. The molecule has 2 aromatic carbocycles. The molecule has 26 heavy (non-hydrogen) atoms. The third-order valence-corrected chi connectivity index (χ3v) is 4.28. The number of amides is 1. The lowest BCUT2D eigenvalue weighted by Gasteiger charge is -2.10. The number of hydrogen-bond donors (Lipinski definition) is 2. The van der Waals surface area contributed by atoms with Crippen LogP contribution in [0.4, 0.5) is 5.69 Å². The fourth-order valence-electron chi connectivity index (χ4n) is 2.40. The van der Waals surface area contributed by atoms with Gasteiger partial charge in [0, 0.05) is 11.6 Å². The molecule has 2 aromatic rings. The lowest BCUT2D eigenvalue weighted by molar-refractivity contribution is -0.112. The van der Waals surface area contributed by atoms with E-state index in [-0.39, 0.29) is 17.3 Å². The number of carbonyl (C=O) groups is 1. The Hall–Kier alpha value is -2.97. The van der Waals surface area contributed by atoms with Crippen molar-refractivity contribution in [2.24, 2.45) is 5.92 Å². The molecule has 0 heterocycles. The topological polar surface area (TPSA) is 82.3 Å². The Morgan fingerprint density at radius 2 is 1.96 bits per heavy atom. The maximum atomic E-state index is 12.2. The van der Waals surface area contributed by atoms with E-state index in [0.717, 1.165) is 18.4 Å². The van der Waals surface area contributed by atoms with Crippen molar-refractivity contribution in [1.82, 2.24) is 0 Å². The highest BCUT2D eigenvalue weighted by molar-refractivity contribution is 6.32. The summed E-state index contributed by atoms with van der Waals surface area (Å²) in [5.74, 6) is 0.292. The van der Waals surface area contributed by atoms with E-state index in [1.165, 1.54) is 0 Å². The van der Waals surface area contributed by atoms with Gasteiger partial charge in [-0.2, -0.15) is 5.26 Å². The molecule has 0 spiro atoms. The predicted molar refractivity (Wildman–Crippen MR) is 99.3 cm³/mol. The first kappa shape index (κ1) is 17.8. The third kappa shape index (κ3) is 4.16. The molecule has 6 heteroatoms. The number of hydrogen-bond acceptors (Lipinski definition) is 4. The molecule has 2 N–H and O–H groups in total. The van der Waals surface area contributed by atoms with E-state index in [1.54, 1.807) is 36.4 Å². The van der Waals surface area contributed by atoms with E-state index in [2.05, 4.69) is 5.32 Å². The molecule has 0 bridgehead atoms. The summed E-state index contributed by atoms with van der Waals surface area (Å²) in [6, 6.07) is 13.9. The normalized spacial score (nSPS) is 14.2. The van der Waals surface area contributed by atoms with Crippen molar-refractivity contribution >= 4 is 23.2 Å². The van der Waals surface area contributed by atoms with E-state index in [1.807, 2.05) is 19.1 Å². The van der Waals surface area contributed by atoms with Gasteiger partial charge in [0.2, 0.25) is 0 Å². The number of aliphatic hydroxyl groups is 1. The molecule has 1 aliphatic rings. The van der Waals surface area contributed by atoms with Gasteiger partial charge < -0.3 is 15.2 Å². The number of ether oxygens (including phenoxy) is 1. The van der Waals surface area contributed by atoms with Gasteiger partial charge in [-0.25, -0.2) is 0 Å². The van der Waals surface area contributed by atoms with Crippen molar-refractivity contribution in [3.05, 3.63) is 64.4 Å². The zero-order valence-corrected chi connectivity index (χ0v) is 14.9. The van der Waals surface area contributed by atoms with Crippen LogP contribution in [0.2, 0.25) is 5.02 Å². The van der Waals surface area contributed by atoms with Crippen LogP contribution in [0.1, 0.15) is 18.4 Å². The Morgan fingerprint density at radius 3 is 2.54 bits per heavy atom. The van der Waals surface area contributed by atoms with Gasteiger partial charge in [0.15, 0.2) is 5.57 Å². The van der Waals surface area contributed by atoms with Crippen LogP contribution >= 0.6 is 11.6 Å². The fraction of sp³-hybridized carbons (Fsp3) is 0.200. The second-order valence-electron chi connectivity index (χ2n) is 6.16. The standard InChI is InChI=1S/C20H17ClN2O3/c1-12-2-9-18(17(21)10-12)26-15-7-5-14(6-8-15)23-20(25)16(11-22)19(24)13-3-4-13/h2,5-10,13,24H,3-4H2,1H3,(H,23,25)/b19-16-. The van der Waals surface area contributed by atoms with Crippen molar-refractivity contribution in [2.45, 2.75) is 19.8 Å². The fourth-order valence-corrected chi connectivity index (χ4v) is 2.67. The van der Waals surface area contributed by atoms with Crippen molar-refractivity contribution in [3.63, 3.8) is 0 Å². The summed E-state index contributed by atoms with van der Waals surface area (Å²) in [4.78, 5) is 12.2. The number of nitrogens with one attached hydrogen (secondary N) is 1. The quantitative estimate of drug-likeness (QED) is 0.435. The summed E-state index contributed by atoms with van der Waals surface area (Å²) >= 11 is 6.15. The predicted octanol–water partition coefficient (Wildman–Crippen LogP) is 5.12. The smallest absolute Gasteiger partial charge is 0.269 e. The maximum Gasteiger partial charge on any atom is 0.269 e. The van der Waals surface area contributed by atoms with Crippen molar-refractivity contribution in [1.29, 1.82) is 5.26 Å². The molecule has 3 rings (SSSR count). The number of carbonyl (C=O) groups excluding carboxylic acids is 1. The van der Waals surface area contributed by atoms with Crippen LogP contribution in [0.3, 0.4) is 0 Å². The van der Waals surface area contributed by atoms with E-state index in [9.17, 15) is 9.90 Å². The maximum absolute atomic E-state index is 12.2. The van der Waals surface area contributed by atoms with Gasteiger partial charge in [-0.15, -0.1) is 0 Å². The molecule has 0 radical (unpaired) electrons. The van der Waals surface area contributed by atoms with E-state index >= 15 is 0 Å². The van der Waals surface area contributed by atoms with Crippen molar-refractivity contribution < 1.29 is 14.6 Å². The molecule has 0 aromatic heterocycles. The first-order valence-electron chi connectivity index (χ1n) is 8.16. The van der Waals surface area contributed by atoms with Gasteiger partial charge in [0.1, 0.15) is 23.3 Å². The van der Waals surface area contributed by atoms with Gasteiger partial charge in [-0.05, 0) is 61.7 Å². The van der Waals surface area contributed by atoms with Gasteiger partial charge >= 0.3 is 0 Å². The Morgan fingerprint density at radius 1 is 1.27 bits per heavy atom. The zero-order valence-electron chi connectivity index (χ0n) is 14.1. The Kier molecular flexibility index (Phi) is 5.15. The largest absolute Gasteiger partial charge is 0.510 e. The number of rotatable bonds is 5. The summed E-state index contributed by atoms with van der Waals surface area (Å²) in [6.45, 7) is 1.94. The summed E-state index contributed by atoms with van der Waals surface area (Å²) in [6.07, 6.45) is 1.61. The molecule has 1 saturated carbocycles. The van der Waals surface area contributed by atoms with Crippen LogP contribution in [0.5, 0.6) is 11.5 Å². The molecule has 5 nitrogen and oxygen atoms in total. The lowest BCUT2D eigenvalue weighted by Crippen LogP contribution is -2.15. The SMILES string of the molecule is Cc1ccc(Oc2ccc(NC(=O)/C(C#N)=C(\O)C3CC3)cc2)c(Cl)c1. The number of benzene rings is 2. The van der Waals surface area contributed by atoms with Crippen molar-refractivity contribution in [3.8, 4) is 17.6 Å². The van der Waals surface area contributed by atoms with E-state index < -0.39 is 5.91 Å². The number of nitrogens with zero attached hydrogens (tertiary/aromatic N) is 1. The summed E-state index contributed by atoms with van der Waals surface area (Å²) < 4.78 is 5.72. The number of halogens is 1. The molecule has 132 valence electrons. The second kappa shape index (κ2) is 7.51. The van der Waals surface area contributed by atoms with Crippen LogP contribution < -0.4 is 10.1 Å². The summed E-state index contributed by atoms with van der Waals surface area (Å²) in [5.41, 5.74) is 1.30. The molecule has 1 amide bonds. The minimum atomic E-state index is -0.618. The molecule has 0 aliphatic heterocycles. The Balaban J connectivity index is 1.68. The van der Waals surface area contributed by atoms with Crippen molar-refractivity contribution in [2.75, 3.05) is 5.32 Å². The molecular weight excluding hydrogens is 352 g/mol. The lowest BCUT2D eigenvalue weighted by atomic mass is 10.1. The Labute approximate surface area is 156 Å². The van der Waals surface area contributed by atoms with Gasteiger partial charge in [-0.1, -0.05) is 17.7 Å². The summed E-state index contributed by atoms with van der Waals surface area (Å²) in [5, 5.41) is 22.1. The first-order valence-corrected chi connectivity index (χ1v) is 8.54. The monoisotopic (exact) mass is 368 g/mol. The Bertz CT molecular complexity index is 910. The van der Waals surface area contributed by atoms with Gasteiger partial charge in [-0.3, -0.25) is 4.79 Å². The third-order valence-electron chi connectivity index (χ3n) is 3.99. The molecule has 1 aliphatic carbocycles. The minimum absolute atomic E-state index is 0.0644. The molecule has 0 atom stereocenters. The highest BCUT2D eigenvalue weighted by atomic mass is 35.5.